The molecule has 2 atom stereocenters. The molecule has 0 saturated heterocycles. The van der Waals surface area contributed by atoms with Crippen molar-refractivity contribution in [1.82, 2.24) is 10.6 Å². The van der Waals surface area contributed by atoms with Crippen LogP contribution in [0.4, 0.5) is 0 Å². The minimum absolute atomic E-state index is 0.0915. The molecule has 190 valence electrons. The Morgan fingerprint density at radius 1 is 0.973 bits per heavy atom. The van der Waals surface area contributed by atoms with Crippen LogP contribution in [0.5, 0.6) is 5.75 Å². The molecule has 8 heteroatoms. The van der Waals surface area contributed by atoms with Crippen LogP contribution in [-0.2, 0) is 25.7 Å². The van der Waals surface area contributed by atoms with Crippen molar-refractivity contribution in [3.8, 4) is 11.8 Å². The van der Waals surface area contributed by atoms with Crippen LogP contribution in [0.3, 0.4) is 0 Å². The maximum Gasteiger partial charge on any atom is 0.328 e. The van der Waals surface area contributed by atoms with Crippen LogP contribution in [-0.4, -0.2) is 37.0 Å². The number of methoxy groups -OCH3 is 1. The average Bonchev–Trinajstić information content (AvgIpc) is 2.91. The molecule has 0 heterocycles. The van der Waals surface area contributed by atoms with Crippen molar-refractivity contribution in [2.24, 2.45) is 0 Å². The monoisotopic (exact) mass is 499 g/mol. The first-order valence-electron chi connectivity index (χ1n) is 11.8. The molecule has 3 aromatic rings. The van der Waals surface area contributed by atoms with Gasteiger partial charge >= 0.3 is 5.97 Å². The van der Waals surface area contributed by atoms with Gasteiger partial charge in [-0.2, -0.15) is 5.26 Å². The number of fused-ring (bicyclic) bond motifs is 1. The summed E-state index contributed by atoms with van der Waals surface area (Å²) in [5.74, 6) is -0.747. The number of hydrogen-bond acceptors (Lipinski definition) is 6. The molecule has 0 unspecified atom stereocenters. The van der Waals surface area contributed by atoms with Crippen molar-refractivity contribution in [1.29, 1.82) is 5.26 Å². The van der Waals surface area contributed by atoms with Gasteiger partial charge in [-0.25, -0.2) is 4.79 Å². The lowest BCUT2D eigenvalue weighted by Crippen LogP contribution is -2.49. The molecular formula is C29H29N3O5. The molecule has 3 rings (SSSR count). The first-order chi connectivity index (χ1) is 17.8. The predicted octanol–water partition coefficient (Wildman–Crippen LogP) is 3.88. The number of ether oxygens (including phenoxy) is 2. The molecule has 2 amide bonds. The van der Waals surface area contributed by atoms with E-state index in [1.54, 1.807) is 25.3 Å². The third kappa shape index (κ3) is 7.42. The first kappa shape index (κ1) is 27.0. The topological polar surface area (TPSA) is 118 Å². The van der Waals surface area contributed by atoms with Gasteiger partial charge in [0.1, 0.15) is 30.5 Å². The van der Waals surface area contributed by atoms with Crippen molar-refractivity contribution >= 4 is 34.6 Å². The summed E-state index contributed by atoms with van der Waals surface area (Å²) in [5, 5.41) is 16.4. The lowest BCUT2D eigenvalue weighted by atomic mass is 10.0. The number of carbonyl (C=O) groups excluding carboxylic acids is 3. The summed E-state index contributed by atoms with van der Waals surface area (Å²) in [6.45, 7) is 2.93. The van der Waals surface area contributed by atoms with Crippen LogP contribution in [0.25, 0.3) is 16.8 Å². The first-order valence-corrected chi connectivity index (χ1v) is 11.8. The second kappa shape index (κ2) is 12.9. The average molecular weight is 500 g/mol. The molecule has 0 aliphatic heterocycles. The molecule has 0 fully saturated rings. The Balaban J connectivity index is 1.46. The molecule has 0 aliphatic carbocycles. The van der Waals surface area contributed by atoms with Gasteiger partial charge in [-0.3, -0.25) is 9.59 Å². The number of esters is 1. The summed E-state index contributed by atoms with van der Waals surface area (Å²) in [7, 11) is 1.59. The highest BCUT2D eigenvalue weighted by molar-refractivity contribution is 5.91. The molecule has 0 bridgehead atoms. The number of rotatable bonds is 10. The van der Waals surface area contributed by atoms with Crippen molar-refractivity contribution in [3.63, 3.8) is 0 Å². The second-order valence-electron chi connectivity index (χ2n) is 8.44. The SMILES string of the molecule is COc1ccc(/C=C/CC(=O)N[C@@H](C)C(=O)N[C@@H](C)C(=O)OCc2ccc3ccccc3c2C#N)cc1. The zero-order valence-electron chi connectivity index (χ0n) is 21.0. The van der Waals surface area contributed by atoms with Crippen LogP contribution in [0, 0.1) is 11.3 Å². The van der Waals surface area contributed by atoms with Crippen molar-refractivity contribution in [3.05, 3.63) is 83.4 Å². The quantitative estimate of drug-likeness (QED) is 0.409. The molecule has 8 nitrogen and oxygen atoms in total. The Labute approximate surface area is 215 Å². The molecule has 0 spiro atoms. The summed E-state index contributed by atoms with van der Waals surface area (Å²) in [6.07, 6.45) is 3.59. The van der Waals surface area contributed by atoms with Gasteiger partial charge in [0, 0.05) is 12.0 Å². The lowest BCUT2D eigenvalue weighted by molar-refractivity contribution is -0.148. The Morgan fingerprint density at radius 2 is 1.70 bits per heavy atom. The van der Waals surface area contributed by atoms with E-state index in [2.05, 4.69) is 16.7 Å². The molecule has 0 saturated carbocycles. The zero-order valence-corrected chi connectivity index (χ0v) is 21.0. The van der Waals surface area contributed by atoms with E-state index in [9.17, 15) is 19.6 Å². The minimum Gasteiger partial charge on any atom is -0.497 e. The summed E-state index contributed by atoms with van der Waals surface area (Å²) >= 11 is 0. The number of benzene rings is 3. The zero-order chi connectivity index (χ0) is 26.8. The van der Waals surface area contributed by atoms with Gasteiger partial charge in [-0.1, -0.05) is 60.7 Å². The maximum absolute atomic E-state index is 12.5. The van der Waals surface area contributed by atoms with Gasteiger partial charge in [0.25, 0.3) is 0 Å². The number of nitrogens with one attached hydrogen (secondary N) is 2. The Hall–Kier alpha value is -4.64. The minimum atomic E-state index is -0.937. The number of nitriles is 1. The Morgan fingerprint density at radius 3 is 2.41 bits per heavy atom. The summed E-state index contributed by atoms with van der Waals surface area (Å²) < 4.78 is 10.5. The van der Waals surface area contributed by atoms with E-state index in [0.717, 1.165) is 22.1 Å². The number of hydrogen-bond donors (Lipinski definition) is 2. The van der Waals surface area contributed by atoms with Gasteiger partial charge in [-0.15, -0.1) is 0 Å². The molecule has 3 aromatic carbocycles. The highest BCUT2D eigenvalue weighted by Gasteiger charge is 2.22. The third-order valence-corrected chi connectivity index (χ3v) is 5.71. The van der Waals surface area contributed by atoms with E-state index in [1.165, 1.54) is 13.8 Å². The van der Waals surface area contributed by atoms with Gasteiger partial charge in [0.05, 0.1) is 12.7 Å². The second-order valence-corrected chi connectivity index (χ2v) is 8.44. The van der Waals surface area contributed by atoms with Crippen LogP contribution in [0.1, 0.15) is 37.0 Å². The Bertz CT molecular complexity index is 1340. The van der Waals surface area contributed by atoms with E-state index >= 15 is 0 Å². The standard InChI is InChI=1S/C29H29N3O5/c1-19(31-27(33)10-6-7-21-11-15-24(36-3)16-12-21)28(34)32-20(2)29(35)37-18-23-14-13-22-8-4-5-9-25(22)26(23)17-30/h4-9,11-16,19-20H,10,18H2,1-3H3,(H,31,33)(H,32,34)/b7-6+/t19-,20-/m0/s1. The van der Waals surface area contributed by atoms with E-state index < -0.39 is 24.0 Å². The molecule has 0 radical (unpaired) electrons. The summed E-state index contributed by atoms with van der Waals surface area (Å²) in [4.78, 5) is 37.1. The Kier molecular flexibility index (Phi) is 9.39. The third-order valence-electron chi connectivity index (χ3n) is 5.71. The number of nitrogens with zero attached hydrogens (tertiary/aromatic N) is 1. The van der Waals surface area contributed by atoms with Gasteiger partial charge in [0.15, 0.2) is 0 Å². The van der Waals surface area contributed by atoms with Crippen LogP contribution in [0.15, 0.2) is 66.7 Å². The molecule has 37 heavy (non-hydrogen) atoms. The van der Waals surface area contributed by atoms with E-state index in [0.29, 0.717) is 11.1 Å². The van der Waals surface area contributed by atoms with Gasteiger partial charge in [0.2, 0.25) is 11.8 Å². The smallest absolute Gasteiger partial charge is 0.328 e. The maximum atomic E-state index is 12.5. The fourth-order valence-corrected chi connectivity index (χ4v) is 3.62. The van der Waals surface area contributed by atoms with Crippen molar-refractivity contribution in [2.75, 3.05) is 7.11 Å². The van der Waals surface area contributed by atoms with Gasteiger partial charge < -0.3 is 20.1 Å². The van der Waals surface area contributed by atoms with E-state index in [1.807, 2.05) is 54.6 Å². The highest BCUT2D eigenvalue weighted by Crippen LogP contribution is 2.22. The normalized spacial score (nSPS) is 12.4. The van der Waals surface area contributed by atoms with Crippen LogP contribution >= 0.6 is 0 Å². The molecule has 0 aromatic heterocycles. The molecule has 0 aliphatic rings. The van der Waals surface area contributed by atoms with E-state index in [-0.39, 0.29) is 18.9 Å². The largest absolute Gasteiger partial charge is 0.497 e. The van der Waals surface area contributed by atoms with E-state index in [4.69, 9.17) is 9.47 Å². The highest BCUT2D eigenvalue weighted by atomic mass is 16.5. The fourth-order valence-electron chi connectivity index (χ4n) is 3.62. The fraction of sp³-hybridized carbons (Fsp3) is 0.241. The van der Waals surface area contributed by atoms with Crippen molar-refractivity contribution in [2.45, 2.75) is 39.0 Å². The van der Waals surface area contributed by atoms with Crippen LogP contribution in [0.2, 0.25) is 0 Å². The summed E-state index contributed by atoms with van der Waals surface area (Å²) in [6, 6.07) is 18.8. The number of carbonyl (C=O) groups is 3. The molecular weight excluding hydrogens is 470 g/mol. The lowest BCUT2D eigenvalue weighted by Gasteiger charge is -2.18. The predicted molar refractivity (Wildman–Crippen MR) is 140 cm³/mol. The molecule has 2 N–H and O–H groups in total. The van der Waals surface area contributed by atoms with Gasteiger partial charge in [-0.05, 0) is 42.3 Å². The van der Waals surface area contributed by atoms with Crippen molar-refractivity contribution < 1.29 is 23.9 Å². The number of amides is 2. The summed E-state index contributed by atoms with van der Waals surface area (Å²) in [5.41, 5.74) is 1.94. The van der Waals surface area contributed by atoms with Crippen LogP contribution < -0.4 is 15.4 Å².